The Labute approximate surface area is 153 Å². The van der Waals surface area contributed by atoms with E-state index in [9.17, 15) is 9.59 Å². The summed E-state index contributed by atoms with van der Waals surface area (Å²) in [5.74, 6) is -0.109. The number of nitrogens with one attached hydrogen (secondary N) is 1. The second-order valence-corrected chi connectivity index (χ2v) is 6.70. The molecule has 0 aliphatic carbocycles. The Morgan fingerprint density at radius 2 is 2.00 bits per heavy atom. The number of aromatic nitrogens is 1. The van der Waals surface area contributed by atoms with E-state index in [4.69, 9.17) is 5.73 Å². The van der Waals surface area contributed by atoms with Crippen LogP contribution in [0.5, 0.6) is 0 Å². The number of carbonyl (C=O) groups is 2. The van der Waals surface area contributed by atoms with Crippen molar-refractivity contribution in [3.8, 4) is 0 Å². The van der Waals surface area contributed by atoms with E-state index in [2.05, 4.69) is 10.3 Å². The number of aryl methyl sites for hydroxylation is 1. The van der Waals surface area contributed by atoms with E-state index in [1.165, 1.54) is 4.90 Å². The summed E-state index contributed by atoms with van der Waals surface area (Å²) in [5.41, 5.74) is 7.19. The summed E-state index contributed by atoms with van der Waals surface area (Å²) < 4.78 is 0. The minimum Gasteiger partial charge on any atom is -0.351 e. The number of Topliss-reactive ketones (excluding diaryl/α,β-unsaturated/α-hetero) is 1. The summed E-state index contributed by atoms with van der Waals surface area (Å²) in [6.07, 6.45) is 2.76. The van der Waals surface area contributed by atoms with E-state index in [1.54, 1.807) is 12.3 Å². The molecule has 6 heteroatoms. The molecule has 1 aliphatic rings. The Morgan fingerprint density at radius 1 is 1.23 bits per heavy atom. The lowest BCUT2D eigenvalue weighted by Crippen LogP contribution is -2.60. The van der Waals surface area contributed by atoms with Crippen molar-refractivity contribution in [1.82, 2.24) is 15.2 Å². The van der Waals surface area contributed by atoms with Gasteiger partial charge in [0.05, 0.1) is 0 Å². The summed E-state index contributed by atoms with van der Waals surface area (Å²) in [6.45, 7) is 3.33. The van der Waals surface area contributed by atoms with Crippen LogP contribution in [0, 0.1) is 6.92 Å². The number of primary amides is 1. The predicted molar refractivity (Wildman–Crippen MR) is 100.0 cm³/mol. The van der Waals surface area contributed by atoms with Crippen LogP contribution < -0.4 is 11.1 Å². The van der Waals surface area contributed by atoms with E-state index in [-0.39, 0.29) is 5.78 Å². The number of hydrogen-bond donors (Lipinski definition) is 2. The van der Waals surface area contributed by atoms with Gasteiger partial charge in [-0.05, 0) is 44.0 Å². The number of nitrogens with zero attached hydrogens (tertiary/aromatic N) is 2. The standard InChI is InChI=1S/C20H24N4O2/c1-15-7-8-17(13-23-15)18(25)20(10-11-22-14-20)24(19(21)26)12-9-16-5-3-2-4-6-16/h2-8,13,22H,9-12,14H2,1H3,(H2,21,26)/t20-/m1/s1. The largest absolute Gasteiger partial charge is 0.351 e. The lowest BCUT2D eigenvalue weighted by molar-refractivity contribution is 0.0687. The third-order valence-corrected chi connectivity index (χ3v) is 4.98. The molecule has 0 unspecified atom stereocenters. The summed E-state index contributed by atoms with van der Waals surface area (Å²) >= 11 is 0. The Bertz CT molecular complexity index is 768. The number of nitrogens with two attached hydrogens (primary N) is 1. The molecular weight excluding hydrogens is 328 g/mol. The third-order valence-electron chi connectivity index (χ3n) is 4.98. The highest BCUT2D eigenvalue weighted by molar-refractivity contribution is 6.05. The number of amides is 2. The normalized spacial score (nSPS) is 19.3. The summed E-state index contributed by atoms with van der Waals surface area (Å²) in [7, 11) is 0. The van der Waals surface area contributed by atoms with Crippen LogP contribution in [0.15, 0.2) is 48.7 Å². The number of carbonyl (C=O) groups excluding carboxylic acids is 2. The number of pyridine rings is 1. The summed E-state index contributed by atoms with van der Waals surface area (Å²) in [4.78, 5) is 31.3. The van der Waals surface area contributed by atoms with Crippen LogP contribution >= 0.6 is 0 Å². The fourth-order valence-electron chi connectivity index (χ4n) is 3.52. The van der Waals surface area contributed by atoms with Gasteiger partial charge in [-0.15, -0.1) is 0 Å². The molecule has 1 aromatic carbocycles. The molecule has 1 saturated heterocycles. The minimum absolute atomic E-state index is 0.109. The van der Waals surface area contributed by atoms with Gasteiger partial charge in [-0.2, -0.15) is 0 Å². The van der Waals surface area contributed by atoms with Gasteiger partial charge in [0.15, 0.2) is 5.78 Å². The molecule has 3 rings (SSSR count). The van der Waals surface area contributed by atoms with Crippen LogP contribution in [-0.2, 0) is 6.42 Å². The lowest BCUT2D eigenvalue weighted by atomic mass is 9.86. The van der Waals surface area contributed by atoms with Crippen LogP contribution in [-0.4, -0.2) is 46.9 Å². The van der Waals surface area contributed by atoms with E-state index in [0.29, 0.717) is 38.0 Å². The first kappa shape index (κ1) is 18.1. The van der Waals surface area contributed by atoms with Crippen molar-refractivity contribution >= 4 is 11.8 Å². The number of hydrogen-bond acceptors (Lipinski definition) is 4. The molecule has 0 radical (unpaired) electrons. The quantitative estimate of drug-likeness (QED) is 0.778. The van der Waals surface area contributed by atoms with Crippen molar-refractivity contribution in [2.24, 2.45) is 5.73 Å². The molecule has 1 aliphatic heterocycles. The predicted octanol–water partition coefficient (Wildman–Crippen LogP) is 1.93. The molecule has 136 valence electrons. The number of benzene rings is 1. The molecule has 2 aromatic rings. The lowest BCUT2D eigenvalue weighted by Gasteiger charge is -2.38. The maximum Gasteiger partial charge on any atom is 0.315 e. The summed E-state index contributed by atoms with van der Waals surface area (Å²) in [6, 6.07) is 12.9. The fraction of sp³-hybridized carbons (Fsp3) is 0.350. The second-order valence-electron chi connectivity index (χ2n) is 6.70. The Balaban J connectivity index is 1.88. The van der Waals surface area contributed by atoms with Crippen molar-refractivity contribution < 1.29 is 9.59 Å². The number of ketones is 1. The van der Waals surface area contributed by atoms with Crippen LogP contribution in [0.25, 0.3) is 0 Å². The Kier molecular flexibility index (Phi) is 5.32. The number of rotatable bonds is 6. The molecule has 26 heavy (non-hydrogen) atoms. The van der Waals surface area contributed by atoms with E-state index in [0.717, 1.165) is 11.3 Å². The minimum atomic E-state index is -0.961. The van der Waals surface area contributed by atoms with Crippen molar-refractivity contribution in [3.05, 3.63) is 65.5 Å². The highest BCUT2D eigenvalue weighted by Gasteiger charge is 2.48. The SMILES string of the molecule is Cc1ccc(C(=O)[C@@]2(N(CCc3ccccc3)C(N)=O)CCNC2)cn1. The van der Waals surface area contributed by atoms with Gasteiger partial charge >= 0.3 is 6.03 Å². The smallest absolute Gasteiger partial charge is 0.315 e. The maximum absolute atomic E-state index is 13.3. The Morgan fingerprint density at radius 3 is 2.58 bits per heavy atom. The van der Waals surface area contributed by atoms with Gasteiger partial charge in [-0.25, -0.2) is 4.79 Å². The first-order valence-corrected chi connectivity index (χ1v) is 8.82. The van der Waals surface area contributed by atoms with E-state index < -0.39 is 11.6 Å². The van der Waals surface area contributed by atoms with Crippen molar-refractivity contribution in [2.75, 3.05) is 19.6 Å². The fourth-order valence-corrected chi connectivity index (χ4v) is 3.52. The average molecular weight is 352 g/mol. The van der Waals surface area contributed by atoms with Gasteiger partial charge in [0, 0.05) is 30.5 Å². The third kappa shape index (κ3) is 3.60. The molecule has 1 fully saturated rings. The van der Waals surface area contributed by atoms with E-state index in [1.807, 2.05) is 43.3 Å². The molecule has 0 saturated carbocycles. The molecule has 2 amide bonds. The summed E-state index contributed by atoms with van der Waals surface area (Å²) in [5, 5.41) is 3.22. The molecule has 1 atom stereocenters. The van der Waals surface area contributed by atoms with Crippen molar-refractivity contribution in [1.29, 1.82) is 0 Å². The topological polar surface area (TPSA) is 88.3 Å². The zero-order valence-corrected chi connectivity index (χ0v) is 14.9. The zero-order valence-electron chi connectivity index (χ0n) is 14.9. The van der Waals surface area contributed by atoms with Crippen molar-refractivity contribution in [3.63, 3.8) is 0 Å². The maximum atomic E-state index is 13.3. The molecule has 0 bridgehead atoms. The van der Waals surface area contributed by atoms with Gasteiger partial charge in [-0.3, -0.25) is 9.78 Å². The van der Waals surface area contributed by atoms with Crippen LogP contribution in [0.4, 0.5) is 4.79 Å². The van der Waals surface area contributed by atoms with Crippen LogP contribution in [0.1, 0.15) is 28.0 Å². The van der Waals surface area contributed by atoms with Crippen molar-refractivity contribution in [2.45, 2.75) is 25.3 Å². The first-order chi connectivity index (χ1) is 12.5. The molecule has 0 spiro atoms. The first-order valence-electron chi connectivity index (χ1n) is 8.82. The van der Waals surface area contributed by atoms with Crippen LogP contribution in [0.3, 0.4) is 0 Å². The molecule has 1 aromatic heterocycles. The van der Waals surface area contributed by atoms with Crippen LogP contribution in [0.2, 0.25) is 0 Å². The van der Waals surface area contributed by atoms with Gasteiger partial charge < -0.3 is 16.0 Å². The van der Waals surface area contributed by atoms with Gasteiger partial charge in [0.25, 0.3) is 0 Å². The number of urea groups is 1. The van der Waals surface area contributed by atoms with E-state index >= 15 is 0 Å². The van der Waals surface area contributed by atoms with Gasteiger partial charge in [-0.1, -0.05) is 30.3 Å². The monoisotopic (exact) mass is 352 g/mol. The molecule has 2 heterocycles. The Hall–Kier alpha value is -2.73. The van der Waals surface area contributed by atoms with Gasteiger partial charge in [0.2, 0.25) is 0 Å². The average Bonchev–Trinajstić information content (AvgIpc) is 3.13. The molecular formula is C20H24N4O2. The molecule has 6 nitrogen and oxygen atoms in total. The highest BCUT2D eigenvalue weighted by atomic mass is 16.2. The molecule has 3 N–H and O–H groups in total. The van der Waals surface area contributed by atoms with Gasteiger partial charge in [0.1, 0.15) is 5.54 Å². The highest BCUT2D eigenvalue weighted by Crippen LogP contribution is 2.28. The zero-order chi connectivity index (χ0) is 18.6. The second kappa shape index (κ2) is 7.66.